The van der Waals surface area contributed by atoms with E-state index in [1.54, 1.807) is 7.05 Å². The highest BCUT2D eigenvalue weighted by Crippen LogP contribution is 1.98. The SMILES string of the molecule is COC(=O)CCN(C)C(=O)c1cnccn1. The number of rotatable bonds is 4. The van der Waals surface area contributed by atoms with Crippen LogP contribution in [-0.2, 0) is 9.53 Å². The third kappa shape index (κ3) is 3.30. The smallest absolute Gasteiger partial charge is 0.307 e. The number of esters is 1. The lowest BCUT2D eigenvalue weighted by Gasteiger charge is -2.15. The molecule has 1 aromatic heterocycles. The minimum absolute atomic E-state index is 0.166. The Hall–Kier alpha value is -1.98. The molecule has 0 bridgehead atoms. The van der Waals surface area contributed by atoms with Gasteiger partial charge in [-0.25, -0.2) is 4.98 Å². The lowest BCUT2D eigenvalue weighted by Crippen LogP contribution is -2.30. The molecule has 0 aromatic carbocycles. The van der Waals surface area contributed by atoms with Crippen molar-refractivity contribution < 1.29 is 14.3 Å². The van der Waals surface area contributed by atoms with Crippen molar-refractivity contribution in [3.63, 3.8) is 0 Å². The van der Waals surface area contributed by atoms with Crippen LogP contribution in [0, 0.1) is 0 Å². The van der Waals surface area contributed by atoms with Gasteiger partial charge in [0.2, 0.25) is 0 Å². The Kier molecular flexibility index (Phi) is 4.38. The quantitative estimate of drug-likeness (QED) is 0.677. The largest absolute Gasteiger partial charge is 0.469 e. The van der Waals surface area contributed by atoms with Crippen molar-refractivity contribution in [3.8, 4) is 0 Å². The van der Waals surface area contributed by atoms with E-state index >= 15 is 0 Å². The Labute approximate surface area is 93.3 Å². The van der Waals surface area contributed by atoms with Crippen LogP contribution in [0.1, 0.15) is 16.9 Å². The monoisotopic (exact) mass is 223 g/mol. The minimum atomic E-state index is -0.348. The van der Waals surface area contributed by atoms with E-state index in [-0.39, 0.29) is 24.0 Å². The van der Waals surface area contributed by atoms with E-state index in [9.17, 15) is 9.59 Å². The standard InChI is InChI=1S/C10H13N3O3/c1-13(6-3-9(14)16-2)10(15)8-7-11-4-5-12-8/h4-5,7H,3,6H2,1-2H3. The van der Waals surface area contributed by atoms with E-state index in [1.165, 1.54) is 30.6 Å². The van der Waals surface area contributed by atoms with Gasteiger partial charge >= 0.3 is 5.97 Å². The van der Waals surface area contributed by atoms with Crippen molar-refractivity contribution >= 4 is 11.9 Å². The summed E-state index contributed by atoms with van der Waals surface area (Å²) in [5.41, 5.74) is 0.259. The summed E-state index contributed by atoms with van der Waals surface area (Å²) in [6, 6.07) is 0. The zero-order chi connectivity index (χ0) is 12.0. The molecule has 0 fully saturated rings. The summed E-state index contributed by atoms with van der Waals surface area (Å²) >= 11 is 0. The molecule has 0 saturated carbocycles. The maximum Gasteiger partial charge on any atom is 0.307 e. The van der Waals surface area contributed by atoms with Crippen molar-refractivity contribution in [3.05, 3.63) is 24.3 Å². The molecule has 0 aliphatic heterocycles. The summed E-state index contributed by atoms with van der Waals surface area (Å²) in [5, 5.41) is 0. The minimum Gasteiger partial charge on any atom is -0.469 e. The van der Waals surface area contributed by atoms with Gasteiger partial charge < -0.3 is 9.64 Å². The number of aromatic nitrogens is 2. The Morgan fingerprint density at radius 3 is 2.75 bits per heavy atom. The molecule has 0 N–H and O–H groups in total. The Morgan fingerprint density at radius 1 is 1.44 bits per heavy atom. The zero-order valence-electron chi connectivity index (χ0n) is 9.21. The first kappa shape index (κ1) is 12.1. The van der Waals surface area contributed by atoms with Crippen molar-refractivity contribution in [2.24, 2.45) is 0 Å². The van der Waals surface area contributed by atoms with Gasteiger partial charge in [0.25, 0.3) is 5.91 Å². The van der Waals surface area contributed by atoms with E-state index in [0.29, 0.717) is 6.54 Å². The normalized spacial score (nSPS) is 9.62. The molecule has 6 heteroatoms. The van der Waals surface area contributed by atoms with Crippen LogP contribution in [-0.4, -0.2) is 47.4 Å². The second-order valence-electron chi connectivity index (χ2n) is 3.14. The number of nitrogens with zero attached hydrogens (tertiary/aromatic N) is 3. The molecule has 1 rings (SSSR count). The molecule has 0 unspecified atom stereocenters. The van der Waals surface area contributed by atoms with Gasteiger partial charge in [-0.2, -0.15) is 0 Å². The molecule has 0 radical (unpaired) electrons. The second kappa shape index (κ2) is 5.79. The molecular formula is C10H13N3O3. The molecule has 1 amide bonds. The third-order valence-electron chi connectivity index (χ3n) is 2.01. The maximum absolute atomic E-state index is 11.7. The van der Waals surface area contributed by atoms with Crippen molar-refractivity contribution in [2.45, 2.75) is 6.42 Å². The van der Waals surface area contributed by atoms with E-state index in [4.69, 9.17) is 0 Å². The van der Waals surface area contributed by atoms with Gasteiger partial charge in [-0.05, 0) is 0 Å². The average Bonchev–Trinajstić information content (AvgIpc) is 2.35. The Balaban J connectivity index is 2.52. The summed E-state index contributed by atoms with van der Waals surface area (Å²) in [4.78, 5) is 31.7. The van der Waals surface area contributed by atoms with Crippen LogP contribution < -0.4 is 0 Å². The molecule has 0 saturated heterocycles. The van der Waals surface area contributed by atoms with Gasteiger partial charge in [-0.1, -0.05) is 0 Å². The fourth-order valence-electron chi connectivity index (χ4n) is 1.07. The number of hydrogen-bond donors (Lipinski definition) is 0. The van der Waals surface area contributed by atoms with Crippen molar-refractivity contribution in [1.82, 2.24) is 14.9 Å². The topological polar surface area (TPSA) is 72.4 Å². The predicted octanol–water partition coefficient (Wildman–Crippen LogP) is 0.112. The van der Waals surface area contributed by atoms with Gasteiger partial charge in [0.05, 0.1) is 19.7 Å². The first-order valence-corrected chi connectivity index (χ1v) is 4.73. The van der Waals surface area contributed by atoms with Gasteiger partial charge in [0, 0.05) is 26.0 Å². The summed E-state index contributed by atoms with van der Waals surface area (Å²) in [5.74, 6) is -0.615. The third-order valence-corrected chi connectivity index (χ3v) is 2.01. The molecule has 0 spiro atoms. The lowest BCUT2D eigenvalue weighted by atomic mass is 10.3. The number of hydrogen-bond acceptors (Lipinski definition) is 5. The van der Waals surface area contributed by atoms with Crippen LogP contribution in [0.2, 0.25) is 0 Å². The molecule has 6 nitrogen and oxygen atoms in total. The van der Waals surface area contributed by atoms with Gasteiger partial charge in [-0.15, -0.1) is 0 Å². The highest BCUT2D eigenvalue weighted by Gasteiger charge is 2.14. The van der Waals surface area contributed by atoms with Gasteiger partial charge in [0.1, 0.15) is 5.69 Å². The fourth-order valence-corrected chi connectivity index (χ4v) is 1.07. The van der Waals surface area contributed by atoms with Crippen LogP contribution in [0.25, 0.3) is 0 Å². The van der Waals surface area contributed by atoms with Crippen molar-refractivity contribution in [1.29, 1.82) is 0 Å². The van der Waals surface area contributed by atoms with Crippen LogP contribution >= 0.6 is 0 Å². The van der Waals surface area contributed by atoms with Crippen molar-refractivity contribution in [2.75, 3.05) is 20.7 Å². The van der Waals surface area contributed by atoms with Crippen LogP contribution in [0.15, 0.2) is 18.6 Å². The molecule has 0 aliphatic rings. The molecular weight excluding hydrogens is 210 g/mol. The first-order chi connectivity index (χ1) is 7.65. The Bertz CT molecular complexity index is 367. The molecule has 16 heavy (non-hydrogen) atoms. The number of methoxy groups -OCH3 is 1. The first-order valence-electron chi connectivity index (χ1n) is 4.73. The predicted molar refractivity (Wildman–Crippen MR) is 55.6 cm³/mol. The van der Waals surface area contributed by atoms with Gasteiger partial charge in [-0.3, -0.25) is 14.6 Å². The highest BCUT2D eigenvalue weighted by atomic mass is 16.5. The van der Waals surface area contributed by atoms with E-state index < -0.39 is 0 Å². The molecule has 0 aliphatic carbocycles. The average molecular weight is 223 g/mol. The fraction of sp³-hybridized carbons (Fsp3) is 0.400. The Morgan fingerprint density at radius 2 is 2.19 bits per heavy atom. The summed E-state index contributed by atoms with van der Waals surface area (Å²) in [6.07, 6.45) is 4.49. The van der Waals surface area contributed by atoms with E-state index in [0.717, 1.165) is 0 Å². The highest BCUT2D eigenvalue weighted by molar-refractivity contribution is 5.91. The summed E-state index contributed by atoms with van der Waals surface area (Å²) in [6.45, 7) is 0.294. The molecule has 1 aromatic rings. The van der Waals surface area contributed by atoms with Crippen LogP contribution in [0.4, 0.5) is 0 Å². The molecule has 1 heterocycles. The summed E-state index contributed by atoms with van der Waals surface area (Å²) < 4.78 is 4.48. The molecule has 86 valence electrons. The number of carbonyl (C=O) groups excluding carboxylic acids is 2. The number of carbonyl (C=O) groups is 2. The molecule has 0 atom stereocenters. The van der Waals surface area contributed by atoms with Crippen LogP contribution in [0.3, 0.4) is 0 Å². The van der Waals surface area contributed by atoms with Crippen LogP contribution in [0.5, 0.6) is 0 Å². The van der Waals surface area contributed by atoms with E-state index in [2.05, 4.69) is 14.7 Å². The number of amides is 1. The van der Waals surface area contributed by atoms with E-state index in [1.807, 2.05) is 0 Å². The zero-order valence-corrected chi connectivity index (χ0v) is 9.21. The number of ether oxygens (including phenoxy) is 1. The van der Waals surface area contributed by atoms with Gasteiger partial charge in [0.15, 0.2) is 0 Å². The maximum atomic E-state index is 11.7. The second-order valence-corrected chi connectivity index (χ2v) is 3.14. The lowest BCUT2D eigenvalue weighted by molar-refractivity contribution is -0.140. The summed E-state index contributed by atoms with van der Waals surface area (Å²) in [7, 11) is 2.91.